The number of imidazole rings is 1. The number of carboxylic acids is 1. The van der Waals surface area contributed by atoms with Crippen LogP contribution in [0.4, 0.5) is 0 Å². The molecule has 1 amide bonds. The Kier molecular flexibility index (Phi) is 2.91. The van der Waals surface area contributed by atoms with Crippen LogP contribution >= 0.6 is 11.3 Å². The lowest BCUT2D eigenvalue weighted by Gasteiger charge is -2.44. The van der Waals surface area contributed by atoms with E-state index in [0.29, 0.717) is 12.0 Å². The van der Waals surface area contributed by atoms with Crippen molar-refractivity contribution < 1.29 is 19.8 Å². The Bertz CT molecular complexity index is 879. The van der Waals surface area contributed by atoms with Gasteiger partial charge in [0.25, 0.3) is 0 Å². The van der Waals surface area contributed by atoms with Crippen molar-refractivity contribution in [1.29, 1.82) is 0 Å². The van der Waals surface area contributed by atoms with Crippen LogP contribution < -0.4 is 0 Å². The molecule has 0 aromatic carbocycles. The van der Waals surface area contributed by atoms with Crippen LogP contribution in [0, 0.1) is 12.8 Å². The largest absolute Gasteiger partial charge is 0.477 e. The molecule has 2 aromatic heterocycles. The van der Waals surface area contributed by atoms with Crippen LogP contribution in [-0.4, -0.2) is 48.5 Å². The van der Waals surface area contributed by atoms with E-state index in [1.165, 1.54) is 16.2 Å². The summed E-state index contributed by atoms with van der Waals surface area (Å²) >= 11 is 1.47. The van der Waals surface area contributed by atoms with E-state index in [0.717, 1.165) is 15.4 Å². The standard InChI is InChI=1S/C15H15N3O4S/c1-6-13(23-10-4-16-5-17(6)10)8-3-9-11(7(2)19)14(20)18(9)12(8)15(21)22/h4-5,7,9,11,19H,3H2,1-2H3,(H,21,22)/t7-,9-,11-/m1/s1. The second-order valence-corrected chi connectivity index (χ2v) is 7.03. The molecule has 2 aromatic rings. The molecule has 0 bridgehead atoms. The lowest BCUT2D eigenvalue weighted by molar-refractivity contribution is -0.161. The molecule has 2 aliphatic heterocycles. The zero-order valence-corrected chi connectivity index (χ0v) is 13.4. The van der Waals surface area contributed by atoms with Crippen LogP contribution in [0.5, 0.6) is 0 Å². The molecule has 2 aliphatic rings. The minimum absolute atomic E-state index is 0.0532. The fourth-order valence-electron chi connectivity index (χ4n) is 3.65. The molecule has 4 heterocycles. The zero-order valence-electron chi connectivity index (χ0n) is 12.6. The number of carboxylic acid groups (broad SMARTS) is 1. The number of carbonyl (C=O) groups excluding carboxylic acids is 1. The second-order valence-electron chi connectivity index (χ2n) is 6.00. The number of amides is 1. The number of hydrogen-bond donors (Lipinski definition) is 2. The predicted molar refractivity (Wildman–Crippen MR) is 82.8 cm³/mol. The lowest BCUT2D eigenvalue weighted by Crippen LogP contribution is -2.61. The molecule has 0 radical (unpaired) electrons. The van der Waals surface area contributed by atoms with Crippen LogP contribution in [0.15, 0.2) is 18.2 Å². The molecule has 4 rings (SSSR count). The smallest absolute Gasteiger partial charge is 0.352 e. The molecule has 0 saturated carbocycles. The van der Waals surface area contributed by atoms with Crippen LogP contribution in [0.3, 0.4) is 0 Å². The Morgan fingerprint density at radius 1 is 1.52 bits per heavy atom. The minimum Gasteiger partial charge on any atom is -0.477 e. The van der Waals surface area contributed by atoms with Gasteiger partial charge in [-0.2, -0.15) is 0 Å². The van der Waals surface area contributed by atoms with E-state index in [9.17, 15) is 19.8 Å². The number of aliphatic hydroxyl groups excluding tert-OH is 1. The van der Waals surface area contributed by atoms with E-state index in [-0.39, 0.29) is 17.6 Å². The van der Waals surface area contributed by atoms with Gasteiger partial charge in [-0.1, -0.05) is 0 Å². The molecule has 8 heteroatoms. The first kappa shape index (κ1) is 14.4. The first-order valence-corrected chi connectivity index (χ1v) is 8.13. The van der Waals surface area contributed by atoms with E-state index in [1.807, 2.05) is 11.3 Å². The number of aryl methyl sites for hydroxylation is 1. The van der Waals surface area contributed by atoms with Crippen LogP contribution in [0.25, 0.3) is 10.4 Å². The maximum atomic E-state index is 12.2. The van der Waals surface area contributed by atoms with Crippen LogP contribution in [-0.2, 0) is 9.59 Å². The summed E-state index contributed by atoms with van der Waals surface area (Å²) < 4.78 is 1.91. The summed E-state index contributed by atoms with van der Waals surface area (Å²) in [4.78, 5) is 31.2. The number of aliphatic hydroxyl groups is 1. The lowest BCUT2D eigenvalue weighted by atomic mass is 9.83. The monoisotopic (exact) mass is 333 g/mol. The molecule has 7 nitrogen and oxygen atoms in total. The summed E-state index contributed by atoms with van der Waals surface area (Å²) in [6.45, 7) is 3.49. The fraction of sp³-hybridized carbons (Fsp3) is 0.400. The van der Waals surface area contributed by atoms with Gasteiger partial charge in [0.05, 0.1) is 29.1 Å². The first-order chi connectivity index (χ1) is 10.9. The topological polar surface area (TPSA) is 95.1 Å². The molecule has 0 spiro atoms. The van der Waals surface area contributed by atoms with Gasteiger partial charge in [0, 0.05) is 11.3 Å². The number of aromatic nitrogens is 2. The van der Waals surface area contributed by atoms with Crippen molar-refractivity contribution in [3.05, 3.63) is 28.8 Å². The van der Waals surface area contributed by atoms with Gasteiger partial charge in [-0.15, -0.1) is 11.3 Å². The Balaban J connectivity index is 1.84. The second kappa shape index (κ2) is 4.65. The number of thiazole rings is 1. The van der Waals surface area contributed by atoms with Crippen molar-refractivity contribution in [3.63, 3.8) is 0 Å². The molecule has 1 fully saturated rings. The number of aliphatic carboxylic acids is 1. The summed E-state index contributed by atoms with van der Waals surface area (Å²) in [7, 11) is 0. The minimum atomic E-state index is -1.10. The Morgan fingerprint density at radius 2 is 2.26 bits per heavy atom. The summed E-state index contributed by atoms with van der Waals surface area (Å²) in [5.41, 5.74) is 1.64. The summed E-state index contributed by atoms with van der Waals surface area (Å²) in [6.07, 6.45) is 3.11. The van der Waals surface area contributed by atoms with Crippen molar-refractivity contribution in [2.75, 3.05) is 0 Å². The molecular formula is C15H15N3O4S. The van der Waals surface area contributed by atoms with Gasteiger partial charge in [-0.25, -0.2) is 9.78 Å². The maximum absolute atomic E-state index is 12.2. The predicted octanol–water partition coefficient (Wildman–Crippen LogP) is 1.11. The Hall–Kier alpha value is -2.19. The van der Waals surface area contributed by atoms with E-state index >= 15 is 0 Å². The molecule has 0 aliphatic carbocycles. The third kappa shape index (κ3) is 1.76. The van der Waals surface area contributed by atoms with Gasteiger partial charge in [0.1, 0.15) is 16.9 Å². The van der Waals surface area contributed by atoms with Crippen molar-refractivity contribution in [1.82, 2.24) is 14.3 Å². The van der Waals surface area contributed by atoms with Crippen molar-refractivity contribution in [3.8, 4) is 0 Å². The molecule has 120 valence electrons. The normalized spacial score (nSPS) is 25.0. The average Bonchev–Trinajstić information content (AvgIpc) is 3.11. The quantitative estimate of drug-likeness (QED) is 0.821. The Labute approximate surface area is 135 Å². The number of rotatable bonds is 3. The molecule has 0 unspecified atom stereocenters. The molecule has 23 heavy (non-hydrogen) atoms. The number of carbonyl (C=O) groups is 2. The first-order valence-electron chi connectivity index (χ1n) is 7.31. The highest BCUT2D eigenvalue weighted by Crippen LogP contribution is 2.48. The average molecular weight is 333 g/mol. The SMILES string of the molecule is Cc1c(C2=C(C(=O)O)N3C(=O)[C@H]([C@@H](C)O)[C@H]3C2)sc2cncn12. The van der Waals surface area contributed by atoms with Gasteiger partial charge < -0.3 is 15.1 Å². The highest BCUT2D eigenvalue weighted by Gasteiger charge is 2.57. The van der Waals surface area contributed by atoms with E-state index < -0.39 is 18.0 Å². The summed E-state index contributed by atoms with van der Waals surface area (Å²) in [5, 5.41) is 19.4. The van der Waals surface area contributed by atoms with Gasteiger partial charge in [0.2, 0.25) is 5.91 Å². The molecule has 3 atom stereocenters. The number of nitrogens with zero attached hydrogens (tertiary/aromatic N) is 3. The summed E-state index contributed by atoms with van der Waals surface area (Å²) in [6, 6.07) is -0.261. The van der Waals surface area contributed by atoms with E-state index in [4.69, 9.17) is 0 Å². The van der Waals surface area contributed by atoms with Crippen molar-refractivity contribution in [2.24, 2.45) is 5.92 Å². The van der Waals surface area contributed by atoms with Crippen molar-refractivity contribution >= 4 is 33.6 Å². The van der Waals surface area contributed by atoms with Gasteiger partial charge in [0.15, 0.2) is 0 Å². The van der Waals surface area contributed by atoms with E-state index in [2.05, 4.69) is 4.98 Å². The van der Waals surface area contributed by atoms with Gasteiger partial charge >= 0.3 is 5.97 Å². The third-order valence-electron chi connectivity index (χ3n) is 4.71. The maximum Gasteiger partial charge on any atom is 0.352 e. The number of β-lactam (4-membered cyclic amide) rings is 1. The van der Waals surface area contributed by atoms with Gasteiger partial charge in [-0.3, -0.25) is 9.20 Å². The molecular weight excluding hydrogens is 318 g/mol. The van der Waals surface area contributed by atoms with Crippen LogP contribution in [0.2, 0.25) is 0 Å². The third-order valence-corrected chi connectivity index (χ3v) is 5.96. The van der Waals surface area contributed by atoms with Crippen LogP contribution in [0.1, 0.15) is 23.9 Å². The molecule has 1 saturated heterocycles. The van der Waals surface area contributed by atoms with E-state index in [1.54, 1.807) is 19.4 Å². The molecule has 2 N–H and O–H groups in total. The number of fused-ring (bicyclic) bond motifs is 2. The van der Waals surface area contributed by atoms with Gasteiger partial charge in [-0.05, 0) is 20.3 Å². The highest BCUT2D eigenvalue weighted by molar-refractivity contribution is 7.18. The highest BCUT2D eigenvalue weighted by atomic mass is 32.1. The summed E-state index contributed by atoms with van der Waals surface area (Å²) in [5.74, 6) is -1.93. The Morgan fingerprint density at radius 3 is 2.87 bits per heavy atom. The van der Waals surface area contributed by atoms with Crippen molar-refractivity contribution in [2.45, 2.75) is 32.4 Å². The zero-order chi connectivity index (χ0) is 16.5. The fourth-order valence-corrected chi connectivity index (χ4v) is 4.81. The number of hydrogen-bond acceptors (Lipinski definition) is 5.